The van der Waals surface area contributed by atoms with Crippen LogP contribution in [0.15, 0.2) is 36.4 Å². The van der Waals surface area contributed by atoms with E-state index in [2.05, 4.69) is 41.4 Å². The number of hydrogen-bond acceptors (Lipinski definition) is 4. The minimum atomic E-state index is -0.468. The molecule has 1 saturated heterocycles. The van der Waals surface area contributed by atoms with Gasteiger partial charge in [0.25, 0.3) is 0 Å². The van der Waals surface area contributed by atoms with Crippen LogP contribution in [0.1, 0.15) is 71.5 Å². The molecule has 0 spiro atoms. The molecule has 1 aromatic carbocycles. The molecular formula is C25H35N3O2. The molecule has 4 atom stereocenters. The normalized spacial score (nSPS) is 25.2. The first kappa shape index (κ1) is 21.1. The van der Waals surface area contributed by atoms with Gasteiger partial charge in [-0.25, -0.2) is 4.79 Å². The second kappa shape index (κ2) is 8.54. The lowest BCUT2D eigenvalue weighted by atomic mass is 9.85. The molecule has 2 aromatic rings. The molecule has 1 N–H and O–H groups in total. The third-order valence-electron chi connectivity index (χ3n) is 6.52. The predicted molar refractivity (Wildman–Crippen MR) is 120 cm³/mol. The van der Waals surface area contributed by atoms with Crippen LogP contribution in [0.25, 0.3) is 10.9 Å². The number of pyridine rings is 1. The molecule has 2 heterocycles. The number of amides is 1. The van der Waals surface area contributed by atoms with E-state index in [0.717, 1.165) is 36.0 Å². The second-order valence-corrected chi connectivity index (χ2v) is 9.95. The lowest BCUT2D eigenvalue weighted by Gasteiger charge is -2.35. The van der Waals surface area contributed by atoms with Gasteiger partial charge in [-0.3, -0.25) is 4.98 Å². The van der Waals surface area contributed by atoms with Crippen LogP contribution in [0, 0.1) is 5.92 Å². The van der Waals surface area contributed by atoms with Crippen molar-refractivity contribution in [3.63, 3.8) is 0 Å². The summed E-state index contributed by atoms with van der Waals surface area (Å²) >= 11 is 0. The van der Waals surface area contributed by atoms with Crippen molar-refractivity contribution in [3.05, 3.63) is 42.1 Å². The molecule has 1 aromatic heterocycles. The number of likely N-dealkylation sites (tertiary alicyclic amines) is 1. The largest absolute Gasteiger partial charge is 0.444 e. The van der Waals surface area contributed by atoms with Gasteiger partial charge >= 0.3 is 6.09 Å². The molecule has 0 radical (unpaired) electrons. The number of nitrogens with one attached hydrogen (secondary N) is 1. The number of fused-ring (bicyclic) bond motifs is 2. The summed E-state index contributed by atoms with van der Waals surface area (Å²) in [6, 6.07) is 13.1. The average molecular weight is 410 g/mol. The van der Waals surface area contributed by atoms with Crippen LogP contribution in [-0.4, -0.2) is 40.2 Å². The monoisotopic (exact) mass is 409 g/mol. The minimum Gasteiger partial charge on any atom is -0.444 e. The lowest BCUT2D eigenvalue weighted by Crippen LogP contribution is -2.48. The van der Waals surface area contributed by atoms with E-state index in [1.807, 2.05) is 32.9 Å². The summed E-state index contributed by atoms with van der Waals surface area (Å²) in [6.45, 7) is 8.75. The van der Waals surface area contributed by atoms with E-state index in [4.69, 9.17) is 9.72 Å². The number of ether oxygens (including phenoxy) is 1. The topological polar surface area (TPSA) is 54.5 Å². The summed E-state index contributed by atoms with van der Waals surface area (Å²) in [4.78, 5) is 19.9. The number of benzene rings is 1. The fourth-order valence-electron chi connectivity index (χ4n) is 5.08. The Morgan fingerprint density at radius 3 is 2.77 bits per heavy atom. The maximum absolute atomic E-state index is 13.1. The molecule has 30 heavy (non-hydrogen) atoms. The van der Waals surface area contributed by atoms with Crippen molar-refractivity contribution in [2.24, 2.45) is 5.92 Å². The fraction of sp³-hybridized carbons (Fsp3) is 0.600. The van der Waals surface area contributed by atoms with Crippen LogP contribution in [0.5, 0.6) is 0 Å². The highest BCUT2D eigenvalue weighted by molar-refractivity contribution is 5.78. The smallest absolute Gasteiger partial charge is 0.410 e. The number of carbonyl (C=O) groups is 1. The molecule has 2 aliphatic rings. The molecule has 162 valence electrons. The maximum Gasteiger partial charge on any atom is 0.410 e. The van der Waals surface area contributed by atoms with Gasteiger partial charge in [0, 0.05) is 30.1 Å². The Morgan fingerprint density at radius 2 is 1.97 bits per heavy atom. The Labute approximate surface area is 180 Å². The number of carbonyl (C=O) groups excluding carboxylic acids is 1. The van der Waals surface area contributed by atoms with Gasteiger partial charge in [-0.2, -0.15) is 0 Å². The Morgan fingerprint density at radius 1 is 1.20 bits per heavy atom. The maximum atomic E-state index is 13.1. The molecule has 5 heteroatoms. The van der Waals surface area contributed by atoms with Gasteiger partial charge in [-0.1, -0.05) is 37.1 Å². The van der Waals surface area contributed by atoms with Crippen molar-refractivity contribution < 1.29 is 9.53 Å². The van der Waals surface area contributed by atoms with Crippen molar-refractivity contribution in [1.29, 1.82) is 0 Å². The molecule has 2 fully saturated rings. The summed E-state index contributed by atoms with van der Waals surface area (Å²) in [5, 5.41) is 4.81. The highest BCUT2D eigenvalue weighted by Crippen LogP contribution is 2.40. The summed E-state index contributed by atoms with van der Waals surface area (Å²) in [6.07, 6.45) is 5.72. The summed E-state index contributed by atoms with van der Waals surface area (Å²) in [5.41, 5.74) is 1.59. The van der Waals surface area contributed by atoms with E-state index in [1.165, 1.54) is 19.3 Å². The molecule has 1 unspecified atom stereocenters. The van der Waals surface area contributed by atoms with E-state index in [1.54, 1.807) is 0 Å². The Hall–Kier alpha value is -2.14. The lowest BCUT2D eigenvalue weighted by molar-refractivity contribution is 0.0103. The zero-order chi connectivity index (χ0) is 21.3. The zero-order valence-corrected chi connectivity index (χ0v) is 18.7. The highest BCUT2D eigenvalue weighted by atomic mass is 16.6. The third kappa shape index (κ3) is 4.61. The standard InChI is InChI=1S/C25H35N3O2/c1-17(21-14-13-18-9-5-7-11-22(18)27-21)26-16-20-15-19-10-6-8-12-23(19)28(20)24(29)30-25(2,3)4/h5,7,9,11,13-14,17,19-20,23,26H,6,8,10,12,15-16H2,1-4H3/t17?,19-,20-,23-/m0/s1. The molecular weight excluding hydrogens is 374 g/mol. The van der Waals surface area contributed by atoms with Crippen molar-refractivity contribution >= 4 is 17.0 Å². The van der Waals surface area contributed by atoms with Crippen LogP contribution >= 0.6 is 0 Å². The quantitative estimate of drug-likeness (QED) is 0.729. The predicted octanol–water partition coefficient (Wildman–Crippen LogP) is 5.45. The van der Waals surface area contributed by atoms with Gasteiger partial charge in [-0.15, -0.1) is 0 Å². The van der Waals surface area contributed by atoms with Crippen LogP contribution in [0.4, 0.5) is 4.79 Å². The van der Waals surface area contributed by atoms with Gasteiger partial charge in [-0.05, 0) is 65.0 Å². The summed E-state index contributed by atoms with van der Waals surface area (Å²) < 4.78 is 5.79. The SMILES string of the molecule is CC(NC[C@@H]1C[C@@H]2CCCC[C@@H]2N1C(=O)OC(C)(C)C)c1ccc2ccccc2n1. The Kier molecular flexibility index (Phi) is 6.01. The molecule has 0 bridgehead atoms. The first-order chi connectivity index (χ1) is 14.3. The summed E-state index contributed by atoms with van der Waals surface area (Å²) in [7, 11) is 0. The second-order valence-electron chi connectivity index (χ2n) is 9.95. The van der Waals surface area contributed by atoms with Gasteiger partial charge in [0.2, 0.25) is 0 Å². The van der Waals surface area contributed by atoms with E-state index < -0.39 is 5.60 Å². The van der Waals surface area contributed by atoms with E-state index >= 15 is 0 Å². The van der Waals surface area contributed by atoms with Crippen LogP contribution < -0.4 is 5.32 Å². The molecule has 1 aliphatic carbocycles. The van der Waals surface area contributed by atoms with Crippen molar-refractivity contribution in [3.8, 4) is 0 Å². The zero-order valence-electron chi connectivity index (χ0n) is 18.7. The van der Waals surface area contributed by atoms with E-state index in [-0.39, 0.29) is 18.2 Å². The number of para-hydroxylation sites is 1. The number of rotatable bonds is 4. The van der Waals surface area contributed by atoms with Gasteiger partial charge in [0.15, 0.2) is 0 Å². The van der Waals surface area contributed by atoms with E-state index in [9.17, 15) is 4.79 Å². The highest BCUT2D eigenvalue weighted by Gasteiger charge is 2.45. The Balaban J connectivity index is 1.46. The van der Waals surface area contributed by atoms with Gasteiger partial charge in [0.1, 0.15) is 5.60 Å². The number of aromatic nitrogens is 1. The molecule has 4 rings (SSSR count). The summed E-state index contributed by atoms with van der Waals surface area (Å²) in [5.74, 6) is 0.604. The van der Waals surface area contributed by atoms with Gasteiger partial charge in [0.05, 0.1) is 11.2 Å². The Bertz CT molecular complexity index is 891. The number of hydrogen-bond donors (Lipinski definition) is 1. The fourth-order valence-corrected chi connectivity index (χ4v) is 5.08. The molecule has 5 nitrogen and oxygen atoms in total. The molecule has 1 saturated carbocycles. The third-order valence-corrected chi connectivity index (χ3v) is 6.52. The van der Waals surface area contributed by atoms with Crippen LogP contribution in [0.2, 0.25) is 0 Å². The molecule has 1 amide bonds. The van der Waals surface area contributed by atoms with Crippen molar-refractivity contribution in [2.75, 3.05) is 6.54 Å². The van der Waals surface area contributed by atoms with Crippen LogP contribution in [0.3, 0.4) is 0 Å². The van der Waals surface area contributed by atoms with Crippen molar-refractivity contribution in [1.82, 2.24) is 15.2 Å². The minimum absolute atomic E-state index is 0.123. The van der Waals surface area contributed by atoms with Crippen LogP contribution in [-0.2, 0) is 4.74 Å². The van der Waals surface area contributed by atoms with E-state index in [0.29, 0.717) is 12.0 Å². The average Bonchev–Trinajstić information content (AvgIpc) is 3.09. The number of nitrogens with zero attached hydrogens (tertiary/aromatic N) is 2. The molecule has 1 aliphatic heterocycles. The first-order valence-corrected chi connectivity index (χ1v) is 11.4. The van der Waals surface area contributed by atoms with Crippen molar-refractivity contribution in [2.45, 2.75) is 83.5 Å². The van der Waals surface area contributed by atoms with Gasteiger partial charge < -0.3 is 15.0 Å². The first-order valence-electron chi connectivity index (χ1n) is 11.4.